The van der Waals surface area contributed by atoms with Crippen LogP contribution in [0.25, 0.3) is 11.4 Å². The monoisotopic (exact) mass is 383 g/mol. The van der Waals surface area contributed by atoms with Gasteiger partial charge in [0.25, 0.3) is 0 Å². The molecule has 0 aliphatic heterocycles. The van der Waals surface area contributed by atoms with Gasteiger partial charge in [-0.3, -0.25) is 4.79 Å². The lowest BCUT2D eigenvalue weighted by molar-refractivity contribution is -0.115. The summed E-state index contributed by atoms with van der Waals surface area (Å²) >= 11 is 1.25. The minimum atomic E-state index is -0.409. The van der Waals surface area contributed by atoms with Crippen LogP contribution in [-0.2, 0) is 4.79 Å². The van der Waals surface area contributed by atoms with Crippen molar-refractivity contribution < 1.29 is 9.53 Å². The van der Waals surface area contributed by atoms with E-state index in [1.165, 1.54) is 16.4 Å². The molecule has 1 aromatic heterocycles. The summed E-state index contributed by atoms with van der Waals surface area (Å²) in [6.07, 6.45) is 0. The van der Waals surface area contributed by atoms with Crippen molar-refractivity contribution >= 4 is 23.4 Å². The predicted octanol–water partition coefficient (Wildman–Crippen LogP) is 3.10. The average Bonchev–Trinajstić information content (AvgIpc) is 3.03. The maximum absolute atomic E-state index is 12.5. The molecule has 1 heterocycles. The molecule has 3 aromatic rings. The molecule has 27 heavy (non-hydrogen) atoms. The summed E-state index contributed by atoms with van der Waals surface area (Å²) in [7, 11) is 1.58. The summed E-state index contributed by atoms with van der Waals surface area (Å²) < 4.78 is 6.57. The van der Waals surface area contributed by atoms with Crippen LogP contribution in [0.5, 0.6) is 5.75 Å². The highest BCUT2D eigenvalue weighted by atomic mass is 32.2. The molecule has 1 amide bonds. The van der Waals surface area contributed by atoms with Gasteiger partial charge in [0.2, 0.25) is 11.1 Å². The van der Waals surface area contributed by atoms with E-state index in [1.807, 2.05) is 43.3 Å². The first-order chi connectivity index (χ1) is 13.0. The van der Waals surface area contributed by atoms with Gasteiger partial charge in [-0.1, -0.05) is 47.7 Å². The number of hydrogen-bond donors (Lipinski definition) is 2. The number of anilines is 1. The molecule has 1 unspecified atom stereocenters. The van der Waals surface area contributed by atoms with Crippen LogP contribution in [0, 0.1) is 6.92 Å². The molecule has 0 aliphatic rings. The van der Waals surface area contributed by atoms with Gasteiger partial charge in [-0.15, -0.1) is 10.2 Å². The fourth-order valence-corrected chi connectivity index (χ4v) is 3.18. The van der Waals surface area contributed by atoms with Crippen molar-refractivity contribution in [2.75, 3.05) is 18.3 Å². The number of carbonyl (C=O) groups excluding carboxylic acids is 1. The van der Waals surface area contributed by atoms with E-state index in [0.29, 0.717) is 22.4 Å². The number of thioether (sulfide) groups is 1. The molecular weight excluding hydrogens is 362 g/mol. The Morgan fingerprint density at radius 1 is 1.22 bits per heavy atom. The van der Waals surface area contributed by atoms with E-state index in [9.17, 15) is 4.79 Å². The third-order valence-corrected chi connectivity index (χ3v) is 5.02. The molecular formula is C19H21N5O2S. The SMILES string of the molecule is COc1cccc(NC(=O)C(C)Sc2nnc(-c3ccc(C)cc3)n2N)c1. The van der Waals surface area contributed by atoms with Gasteiger partial charge in [0.05, 0.1) is 12.4 Å². The van der Waals surface area contributed by atoms with E-state index >= 15 is 0 Å². The van der Waals surface area contributed by atoms with Crippen LogP contribution in [-0.4, -0.2) is 33.1 Å². The van der Waals surface area contributed by atoms with E-state index in [-0.39, 0.29) is 5.91 Å². The van der Waals surface area contributed by atoms with E-state index in [1.54, 1.807) is 26.2 Å². The number of methoxy groups -OCH3 is 1. The molecule has 0 saturated carbocycles. The van der Waals surface area contributed by atoms with Crippen molar-refractivity contribution in [2.45, 2.75) is 24.3 Å². The first-order valence-corrected chi connectivity index (χ1v) is 9.25. The van der Waals surface area contributed by atoms with Crippen LogP contribution in [0.3, 0.4) is 0 Å². The van der Waals surface area contributed by atoms with Crippen molar-refractivity contribution in [3.05, 3.63) is 54.1 Å². The molecule has 1 atom stereocenters. The van der Waals surface area contributed by atoms with Crippen LogP contribution >= 0.6 is 11.8 Å². The zero-order valence-corrected chi connectivity index (χ0v) is 16.2. The number of nitrogens with zero attached hydrogens (tertiary/aromatic N) is 3. The number of rotatable bonds is 6. The Bertz CT molecular complexity index is 940. The quantitative estimate of drug-likeness (QED) is 0.502. The third-order valence-electron chi connectivity index (χ3n) is 3.96. The molecule has 0 radical (unpaired) electrons. The lowest BCUT2D eigenvalue weighted by Gasteiger charge is -2.12. The largest absolute Gasteiger partial charge is 0.497 e. The molecule has 2 aromatic carbocycles. The molecule has 7 nitrogen and oxygen atoms in total. The van der Waals surface area contributed by atoms with E-state index in [4.69, 9.17) is 10.6 Å². The number of carbonyl (C=O) groups is 1. The van der Waals surface area contributed by atoms with E-state index in [0.717, 1.165) is 11.1 Å². The number of nitrogen functional groups attached to an aromatic ring is 1. The second-order valence-corrected chi connectivity index (χ2v) is 7.33. The smallest absolute Gasteiger partial charge is 0.237 e. The second-order valence-electron chi connectivity index (χ2n) is 6.02. The zero-order chi connectivity index (χ0) is 19.4. The van der Waals surface area contributed by atoms with Crippen LogP contribution in [0.15, 0.2) is 53.7 Å². The summed E-state index contributed by atoms with van der Waals surface area (Å²) in [6.45, 7) is 3.81. The Morgan fingerprint density at radius 3 is 2.67 bits per heavy atom. The van der Waals surface area contributed by atoms with Crippen molar-refractivity contribution in [2.24, 2.45) is 0 Å². The number of ether oxygens (including phenoxy) is 1. The zero-order valence-electron chi connectivity index (χ0n) is 15.3. The summed E-state index contributed by atoms with van der Waals surface area (Å²) in [4.78, 5) is 12.5. The van der Waals surface area contributed by atoms with Gasteiger partial charge in [0.1, 0.15) is 5.75 Å². The van der Waals surface area contributed by atoms with Crippen molar-refractivity contribution in [1.29, 1.82) is 0 Å². The van der Waals surface area contributed by atoms with E-state index < -0.39 is 5.25 Å². The van der Waals surface area contributed by atoms with Crippen LogP contribution in [0.1, 0.15) is 12.5 Å². The maximum Gasteiger partial charge on any atom is 0.237 e. The first kappa shape index (κ1) is 18.8. The summed E-state index contributed by atoms with van der Waals surface area (Å²) in [5.74, 6) is 7.21. The topological polar surface area (TPSA) is 95.1 Å². The van der Waals surface area contributed by atoms with Gasteiger partial charge in [0.15, 0.2) is 5.82 Å². The van der Waals surface area contributed by atoms with Crippen LogP contribution in [0.2, 0.25) is 0 Å². The predicted molar refractivity (Wildman–Crippen MR) is 107 cm³/mol. The molecule has 0 saturated heterocycles. The number of benzene rings is 2. The Kier molecular flexibility index (Phi) is 5.66. The average molecular weight is 383 g/mol. The summed E-state index contributed by atoms with van der Waals surface area (Å²) in [5.41, 5.74) is 2.69. The molecule has 0 bridgehead atoms. The minimum absolute atomic E-state index is 0.159. The number of nitrogens with one attached hydrogen (secondary N) is 1. The van der Waals surface area contributed by atoms with Crippen molar-refractivity contribution in [3.63, 3.8) is 0 Å². The molecule has 3 N–H and O–H groups in total. The van der Waals surface area contributed by atoms with Crippen LogP contribution < -0.4 is 15.9 Å². The fourth-order valence-electron chi connectivity index (χ4n) is 2.41. The minimum Gasteiger partial charge on any atom is -0.497 e. The van der Waals surface area contributed by atoms with Crippen molar-refractivity contribution in [1.82, 2.24) is 14.9 Å². The Labute approximate surface area is 161 Å². The lowest BCUT2D eigenvalue weighted by atomic mass is 10.1. The lowest BCUT2D eigenvalue weighted by Crippen LogP contribution is -2.23. The first-order valence-electron chi connectivity index (χ1n) is 8.37. The van der Waals surface area contributed by atoms with Gasteiger partial charge in [-0.2, -0.15) is 0 Å². The van der Waals surface area contributed by atoms with Gasteiger partial charge < -0.3 is 15.9 Å². The standard InChI is InChI=1S/C19H21N5O2S/c1-12-7-9-14(10-8-12)17-22-23-19(24(17)20)27-13(2)18(25)21-15-5-4-6-16(11-15)26-3/h4-11,13H,20H2,1-3H3,(H,21,25). The normalized spacial score (nSPS) is 11.8. The van der Waals surface area contributed by atoms with Gasteiger partial charge in [-0.25, -0.2) is 4.68 Å². The Balaban J connectivity index is 1.69. The maximum atomic E-state index is 12.5. The molecule has 0 aliphatic carbocycles. The molecule has 0 spiro atoms. The Hall–Kier alpha value is -3.00. The number of nitrogens with two attached hydrogens (primary N) is 1. The van der Waals surface area contributed by atoms with Crippen molar-refractivity contribution in [3.8, 4) is 17.1 Å². The number of aryl methyl sites for hydroxylation is 1. The molecule has 8 heteroatoms. The number of hydrogen-bond acceptors (Lipinski definition) is 6. The molecule has 3 rings (SSSR count). The third kappa shape index (κ3) is 4.40. The van der Waals surface area contributed by atoms with Gasteiger partial charge >= 0.3 is 0 Å². The molecule has 0 fully saturated rings. The molecule has 140 valence electrons. The highest BCUT2D eigenvalue weighted by molar-refractivity contribution is 8.00. The van der Waals surface area contributed by atoms with Gasteiger partial charge in [-0.05, 0) is 26.0 Å². The number of amides is 1. The number of aromatic nitrogens is 3. The second kappa shape index (κ2) is 8.13. The highest BCUT2D eigenvalue weighted by Gasteiger charge is 2.20. The van der Waals surface area contributed by atoms with Crippen LogP contribution in [0.4, 0.5) is 5.69 Å². The van der Waals surface area contributed by atoms with Gasteiger partial charge in [0, 0.05) is 17.3 Å². The summed E-state index contributed by atoms with van der Waals surface area (Å²) in [5, 5.41) is 11.2. The Morgan fingerprint density at radius 2 is 1.96 bits per heavy atom. The highest BCUT2D eigenvalue weighted by Crippen LogP contribution is 2.26. The fraction of sp³-hybridized carbons (Fsp3) is 0.211. The van der Waals surface area contributed by atoms with E-state index in [2.05, 4.69) is 15.5 Å². The summed E-state index contributed by atoms with van der Waals surface area (Å²) in [6, 6.07) is 15.1.